The van der Waals surface area contributed by atoms with Crippen molar-refractivity contribution < 1.29 is 39.5 Å². The number of aromatic carboxylic acids is 1. The number of rotatable bonds is 1. The van der Waals surface area contributed by atoms with Gasteiger partial charge in [0.15, 0.2) is 0 Å². The molecule has 0 fully saturated rings. The number of aryl methyl sites for hydroxylation is 1. The summed E-state index contributed by atoms with van der Waals surface area (Å²) < 4.78 is 0. The van der Waals surface area contributed by atoms with Crippen LogP contribution in [-0.4, -0.2) is 5.97 Å². The summed E-state index contributed by atoms with van der Waals surface area (Å²) in [6.45, 7) is 1.76. The molecule has 0 aromatic carbocycles. The van der Waals surface area contributed by atoms with Crippen LogP contribution >= 0.6 is 11.3 Å². The minimum Gasteiger partial charge on any atom is -0.544 e. The first kappa shape index (κ1) is 11.0. The molecule has 0 spiro atoms. The predicted octanol–water partition coefficient (Wildman–Crippen LogP) is -2.99. The molecule has 0 aliphatic rings. The van der Waals surface area contributed by atoms with Crippen LogP contribution in [0.4, 0.5) is 5.69 Å². The van der Waals surface area contributed by atoms with E-state index in [2.05, 4.69) is 0 Å². The van der Waals surface area contributed by atoms with E-state index in [-0.39, 0.29) is 34.4 Å². The second-order valence-electron chi connectivity index (χ2n) is 1.95. The first-order chi connectivity index (χ1) is 4.63. The molecule has 11 heavy (non-hydrogen) atoms. The Morgan fingerprint density at radius 1 is 1.73 bits per heavy atom. The van der Waals surface area contributed by atoms with E-state index >= 15 is 0 Å². The summed E-state index contributed by atoms with van der Waals surface area (Å²) in [6.07, 6.45) is 0. The largest absolute Gasteiger partial charge is 1.00 e. The summed E-state index contributed by atoms with van der Waals surface area (Å²) >= 11 is 1.10. The molecule has 0 radical (unpaired) electrons. The fourth-order valence-corrected chi connectivity index (χ4v) is 1.42. The van der Waals surface area contributed by atoms with Crippen LogP contribution in [0.5, 0.6) is 0 Å². The predicted molar refractivity (Wildman–Crippen MR) is 37.8 cm³/mol. The smallest absolute Gasteiger partial charge is 0.544 e. The molecule has 5 heteroatoms. The Morgan fingerprint density at radius 3 is 2.45 bits per heavy atom. The zero-order valence-electron chi connectivity index (χ0n) is 6.38. The van der Waals surface area contributed by atoms with Crippen LogP contribution in [0.2, 0.25) is 0 Å². The summed E-state index contributed by atoms with van der Waals surface area (Å²) in [5, 5.41) is 11.9. The zero-order chi connectivity index (χ0) is 7.72. The minimum absolute atomic E-state index is 0. The van der Waals surface area contributed by atoms with E-state index < -0.39 is 5.97 Å². The Kier molecular flexibility index (Phi) is 4.10. The van der Waals surface area contributed by atoms with Gasteiger partial charge in [-0.2, -0.15) is 0 Å². The van der Waals surface area contributed by atoms with Crippen LogP contribution in [0.1, 0.15) is 15.2 Å². The van der Waals surface area contributed by atoms with E-state index in [1.54, 1.807) is 12.3 Å². The Morgan fingerprint density at radius 2 is 2.27 bits per heavy atom. The summed E-state index contributed by atoms with van der Waals surface area (Å²) in [5.41, 5.74) is 6.51. The number of nitrogens with two attached hydrogens (primary N) is 1. The van der Waals surface area contributed by atoms with Gasteiger partial charge in [0, 0.05) is 0 Å². The van der Waals surface area contributed by atoms with E-state index in [1.807, 2.05) is 0 Å². The maximum Gasteiger partial charge on any atom is 1.00 e. The molecule has 0 unspecified atom stereocenters. The zero-order valence-corrected chi connectivity index (χ0v) is 9.20. The van der Waals surface area contributed by atoms with Crippen molar-refractivity contribution in [2.24, 2.45) is 0 Å². The number of nitrogen functional groups attached to an aromatic ring is 1. The monoisotopic (exact) mass is 179 g/mol. The van der Waals surface area contributed by atoms with Crippen LogP contribution in [0.3, 0.4) is 0 Å². The molecule has 0 aliphatic heterocycles. The average Bonchev–Trinajstić information content (AvgIpc) is 2.14. The first-order valence-corrected chi connectivity index (χ1v) is 3.56. The van der Waals surface area contributed by atoms with Crippen LogP contribution in [-0.2, 0) is 0 Å². The SMILES string of the molecule is Cc1csc(C(=O)[O-])c1N.[Na+]. The minimum atomic E-state index is -1.20. The van der Waals surface area contributed by atoms with Crippen molar-refractivity contribution in [3.63, 3.8) is 0 Å². The van der Waals surface area contributed by atoms with E-state index in [1.165, 1.54) is 0 Å². The molecule has 1 rings (SSSR count). The van der Waals surface area contributed by atoms with Crippen LogP contribution in [0.15, 0.2) is 5.38 Å². The van der Waals surface area contributed by atoms with Crippen molar-refractivity contribution in [2.75, 3.05) is 5.73 Å². The number of anilines is 1. The fraction of sp³-hybridized carbons (Fsp3) is 0.167. The first-order valence-electron chi connectivity index (χ1n) is 2.68. The van der Waals surface area contributed by atoms with Crippen LogP contribution in [0, 0.1) is 6.92 Å². The topological polar surface area (TPSA) is 66.1 Å². The number of hydrogen-bond donors (Lipinski definition) is 1. The molecule has 0 amide bonds. The maximum atomic E-state index is 10.3. The van der Waals surface area contributed by atoms with Gasteiger partial charge in [0.25, 0.3) is 0 Å². The second-order valence-corrected chi connectivity index (χ2v) is 2.83. The number of carboxylic acid groups (broad SMARTS) is 1. The van der Waals surface area contributed by atoms with Gasteiger partial charge in [0.2, 0.25) is 0 Å². The van der Waals surface area contributed by atoms with Gasteiger partial charge < -0.3 is 15.6 Å². The molecule has 0 atom stereocenters. The van der Waals surface area contributed by atoms with Crippen molar-refractivity contribution in [1.82, 2.24) is 0 Å². The van der Waals surface area contributed by atoms with Gasteiger partial charge >= 0.3 is 29.6 Å². The Balaban J connectivity index is 0.000001000. The summed E-state index contributed by atoms with van der Waals surface area (Å²) in [5.74, 6) is -1.20. The molecule has 0 saturated carbocycles. The van der Waals surface area contributed by atoms with Gasteiger partial charge in [-0.3, -0.25) is 0 Å². The van der Waals surface area contributed by atoms with Gasteiger partial charge in [-0.15, -0.1) is 11.3 Å². The van der Waals surface area contributed by atoms with Crippen LogP contribution in [0.25, 0.3) is 0 Å². The van der Waals surface area contributed by atoms with Gasteiger partial charge in [0.05, 0.1) is 16.5 Å². The van der Waals surface area contributed by atoms with Crippen molar-refractivity contribution in [1.29, 1.82) is 0 Å². The van der Waals surface area contributed by atoms with Gasteiger partial charge in [-0.25, -0.2) is 0 Å². The summed E-state index contributed by atoms with van der Waals surface area (Å²) in [7, 11) is 0. The van der Waals surface area contributed by atoms with E-state index in [0.717, 1.165) is 16.9 Å². The standard InChI is InChI=1S/C6H7NO2S.Na/c1-3-2-10-5(4(3)7)6(8)9;/h2H,7H2,1H3,(H,8,9);/q;+1/p-1. The molecule has 0 saturated heterocycles. The normalized spacial score (nSPS) is 8.82. The summed E-state index contributed by atoms with van der Waals surface area (Å²) in [4.78, 5) is 10.4. The molecule has 1 aromatic rings. The van der Waals surface area contributed by atoms with E-state index in [9.17, 15) is 9.90 Å². The molecular formula is C6H6NNaO2S. The molecular weight excluding hydrogens is 173 g/mol. The third-order valence-corrected chi connectivity index (χ3v) is 2.30. The molecule has 1 heterocycles. The average molecular weight is 179 g/mol. The Hall–Kier alpha value is -0.0300. The molecule has 1 aromatic heterocycles. The molecule has 54 valence electrons. The number of carbonyl (C=O) groups is 1. The third-order valence-electron chi connectivity index (χ3n) is 1.21. The number of thiophene rings is 1. The van der Waals surface area contributed by atoms with Crippen molar-refractivity contribution in [2.45, 2.75) is 6.92 Å². The maximum absolute atomic E-state index is 10.3. The number of carbonyl (C=O) groups excluding carboxylic acids is 1. The van der Waals surface area contributed by atoms with Gasteiger partial charge in [-0.1, -0.05) is 0 Å². The molecule has 3 nitrogen and oxygen atoms in total. The van der Waals surface area contributed by atoms with Crippen LogP contribution < -0.4 is 40.4 Å². The van der Waals surface area contributed by atoms with E-state index in [0.29, 0.717) is 5.69 Å². The van der Waals surface area contributed by atoms with E-state index in [4.69, 9.17) is 5.73 Å². The fourth-order valence-electron chi connectivity index (χ4n) is 0.611. The van der Waals surface area contributed by atoms with Crippen molar-refractivity contribution in [3.05, 3.63) is 15.8 Å². The molecule has 0 bridgehead atoms. The van der Waals surface area contributed by atoms with Crippen molar-refractivity contribution in [3.8, 4) is 0 Å². The molecule has 2 N–H and O–H groups in total. The Labute approximate surface area is 90.5 Å². The number of carboxylic acids is 1. The van der Waals surface area contributed by atoms with Gasteiger partial charge in [0.1, 0.15) is 0 Å². The van der Waals surface area contributed by atoms with Gasteiger partial charge in [-0.05, 0) is 17.9 Å². The summed E-state index contributed by atoms with van der Waals surface area (Å²) in [6, 6.07) is 0. The van der Waals surface area contributed by atoms with Crippen molar-refractivity contribution >= 4 is 23.0 Å². The second kappa shape index (κ2) is 4.11. The molecule has 0 aliphatic carbocycles. The quantitative estimate of drug-likeness (QED) is 0.467. The third kappa shape index (κ3) is 2.20. The number of hydrogen-bond acceptors (Lipinski definition) is 4. The Bertz CT molecular complexity index is 272.